The third-order valence-corrected chi connectivity index (χ3v) is 3.88. The van der Waals surface area contributed by atoms with Gasteiger partial charge in [0.05, 0.1) is 22.9 Å². The molecule has 0 atom stereocenters. The highest BCUT2D eigenvalue weighted by Gasteiger charge is 2.11. The Bertz CT molecular complexity index is 752. The lowest BCUT2D eigenvalue weighted by atomic mass is 10.2. The van der Waals surface area contributed by atoms with Crippen LogP contribution >= 0.6 is 11.3 Å². The molecule has 1 amide bonds. The van der Waals surface area contributed by atoms with Crippen molar-refractivity contribution in [3.05, 3.63) is 54.1 Å². The van der Waals surface area contributed by atoms with Gasteiger partial charge in [-0.15, -0.1) is 0 Å². The van der Waals surface area contributed by atoms with Crippen molar-refractivity contribution in [3.63, 3.8) is 0 Å². The number of amides is 1. The van der Waals surface area contributed by atoms with Crippen LogP contribution < -0.4 is 15.6 Å². The first-order valence-electron chi connectivity index (χ1n) is 6.33. The molecule has 0 bridgehead atoms. The van der Waals surface area contributed by atoms with Gasteiger partial charge < -0.3 is 4.74 Å². The molecule has 1 heterocycles. The Kier molecular flexibility index (Phi) is 3.70. The van der Waals surface area contributed by atoms with E-state index in [1.807, 2.05) is 30.3 Å². The van der Waals surface area contributed by atoms with Crippen LogP contribution in [0, 0.1) is 0 Å². The Morgan fingerprint density at radius 3 is 2.71 bits per heavy atom. The van der Waals surface area contributed by atoms with Crippen molar-refractivity contribution in [3.8, 4) is 5.75 Å². The minimum Gasteiger partial charge on any atom is -0.496 e. The molecule has 0 aliphatic heterocycles. The SMILES string of the molecule is COc1ccccc1C(=O)NNc1nc2ccccc2s1. The molecular weight excluding hydrogens is 286 g/mol. The number of rotatable bonds is 4. The molecule has 0 unspecified atom stereocenters. The molecule has 3 aromatic rings. The number of nitrogens with zero attached hydrogens (tertiary/aromatic N) is 1. The third kappa shape index (κ3) is 2.80. The lowest BCUT2D eigenvalue weighted by Gasteiger charge is -2.08. The first kappa shape index (κ1) is 13.4. The van der Waals surface area contributed by atoms with Gasteiger partial charge >= 0.3 is 0 Å². The summed E-state index contributed by atoms with van der Waals surface area (Å²) in [4.78, 5) is 16.5. The highest BCUT2D eigenvalue weighted by molar-refractivity contribution is 7.22. The minimum atomic E-state index is -0.272. The molecule has 0 aliphatic rings. The van der Waals surface area contributed by atoms with Crippen molar-refractivity contribution >= 4 is 32.6 Å². The van der Waals surface area contributed by atoms with Crippen LogP contribution in [0.3, 0.4) is 0 Å². The molecule has 0 aliphatic carbocycles. The Hall–Kier alpha value is -2.60. The highest BCUT2D eigenvalue weighted by atomic mass is 32.1. The van der Waals surface area contributed by atoms with Crippen molar-refractivity contribution in [1.82, 2.24) is 10.4 Å². The van der Waals surface area contributed by atoms with Crippen LogP contribution in [0.4, 0.5) is 5.13 Å². The van der Waals surface area contributed by atoms with Crippen LogP contribution in [0.5, 0.6) is 5.75 Å². The first-order valence-corrected chi connectivity index (χ1v) is 7.14. The van der Waals surface area contributed by atoms with Crippen molar-refractivity contribution in [2.75, 3.05) is 12.5 Å². The zero-order chi connectivity index (χ0) is 14.7. The fourth-order valence-electron chi connectivity index (χ4n) is 1.94. The molecule has 0 radical (unpaired) electrons. The summed E-state index contributed by atoms with van der Waals surface area (Å²) in [6, 6.07) is 14.8. The summed E-state index contributed by atoms with van der Waals surface area (Å²) in [7, 11) is 1.53. The number of fused-ring (bicyclic) bond motifs is 1. The second-order valence-electron chi connectivity index (χ2n) is 4.27. The third-order valence-electron chi connectivity index (χ3n) is 2.93. The molecule has 3 rings (SSSR count). The molecule has 0 saturated carbocycles. The van der Waals surface area contributed by atoms with Crippen LogP contribution in [0.15, 0.2) is 48.5 Å². The van der Waals surface area contributed by atoms with Gasteiger partial charge in [-0.3, -0.25) is 15.6 Å². The van der Waals surface area contributed by atoms with Gasteiger partial charge in [-0.1, -0.05) is 35.6 Å². The summed E-state index contributed by atoms with van der Waals surface area (Å²) in [6.07, 6.45) is 0. The van der Waals surface area contributed by atoms with Crippen molar-refractivity contribution in [1.29, 1.82) is 0 Å². The monoisotopic (exact) mass is 299 g/mol. The molecule has 2 N–H and O–H groups in total. The summed E-state index contributed by atoms with van der Waals surface area (Å²) < 4.78 is 6.23. The van der Waals surface area contributed by atoms with E-state index in [4.69, 9.17) is 4.74 Å². The Morgan fingerprint density at radius 2 is 1.90 bits per heavy atom. The molecule has 6 heteroatoms. The van der Waals surface area contributed by atoms with Gasteiger partial charge in [-0.25, -0.2) is 4.98 Å². The molecule has 21 heavy (non-hydrogen) atoms. The molecule has 0 saturated heterocycles. The Morgan fingerprint density at radius 1 is 1.14 bits per heavy atom. The molecule has 0 fully saturated rings. The van der Waals surface area contributed by atoms with Crippen LogP contribution in [0.1, 0.15) is 10.4 Å². The van der Waals surface area contributed by atoms with E-state index in [2.05, 4.69) is 15.8 Å². The van der Waals surface area contributed by atoms with E-state index in [0.717, 1.165) is 10.2 Å². The summed E-state index contributed by atoms with van der Waals surface area (Å²) in [5.74, 6) is 0.257. The number of hydrazine groups is 1. The summed E-state index contributed by atoms with van der Waals surface area (Å²) in [5, 5.41) is 0.638. The Labute approximate surface area is 125 Å². The number of benzene rings is 2. The molecule has 2 aromatic carbocycles. The number of carbonyl (C=O) groups excluding carboxylic acids is 1. The van der Waals surface area contributed by atoms with E-state index in [1.165, 1.54) is 18.4 Å². The molecule has 5 nitrogen and oxygen atoms in total. The van der Waals surface area contributed by atoms with Crippen molar-refractivity contribution in [2.45, 2.75) is 0 Å². The lowest BCUT2D eigenvalue weighted by molar-refractivity contribution is 0.0959. The van der Waals surface area contributed by atoms with Gasteiger partial charge in [-0.2, -0.15) is 0 Å². The normalized spacial score (nSPS) is 10.3. The smallest absolute Gasteiger partial charge is 0.273 e. The zero-order valence-electron chi connectivity index (χ0n) is 11.3. The molecule has 1 aromatic heterocycles. The first-order chi connectivity index (χ1) is 10.3. The summed E-state index contributed by atoms with van der Waals surface area (Å²) in [5.41, 5.74) is 6.83. The summed E-state index contributed by atoms with van der Waals surface area (Å²) >= 11 is 1.48. The number of hydrogen-bond donors (Lipinski definition) is 2. The van der Waals surface area contributed by atoms with Crippen molar-refractivity contribution in [2.24, 2.45) is 0 Å². The topological polar surface area (TPSA) is 63.2 Å². The molecule has 0 spiro atoms. The van der Waals surface area contributed by atoms with Gasteiger partial charge in [0.15, 0.2) is 0 Å². The van der Waals surface area contributed by atoms with Gasteiger partial charge in [0.2, 0.25) is 5.13 Å². The van der Waals surface area contributed by atoms with Crippen LogP contribution in [0.2, 0.25) is 0 Å². The quantitative estimate of drug-likeness (QED) is 0.727. The average molecular weight is 299 g/mol. The number of hydrogen-bond acceptors (Lipinski definition) is 5. The second kappa shape index (κ2) is 5.80. The van der Waals surface area contributed by atoms with E-state index < -0.39 is 0 Å². The maximum absolute atomic E-state index is 12.1. The summed E-state index contributed by atoms with van der Waals surface area (Å²) in [6.45, 7) is 0. The second-order valence-corrected chi connectivity index (χ2v) is 5.30. The number of methoxy groups -OCH3 is 1. The number of anilines is 1. The van der Waals surface area contributed by atoms with Gasteiger partial charge in [0.1, 0.15) is 5.75 Å². The standard InChI is InChI=1S/C15H13N3O2S/c1-20-12-8-4-2-6-10(12)14(19)17-18-15-16-11-7-3-5-9-13(11)21-15/h2-9H,1H3,(H,16,18)(H,17,19). The maximum Gasteiger partial charge on any atom is 0.273 e. The predicted molar refractivity (Wildman–Crippen MR) is 83.7 cm³/mol. The fourth-order valence-corrected chi connectivity index (χ4v) is 2.75. The average Bonchev–Trinajstić information content (AvgIpc) is 2.95. The van der Waals surface area contributed by atoms with Crippen LogP contribution in [-0.2, 0) is 0 Å². The van der Waals surface area contributed by atoms with Gasteiger partial charge in [-0.05, 0) is 24.3 Å². The van der Waals surface area contributed by atoms with E-state index >= 15 is 0 Å². The van der Waals surface area contributed by atoms with E-state index in [1.54, 1.807) is 18.2 Å². The van der Waals surface area contributed by atoms with Crippen LogP contribution in [0.25, 0.3) is 10.2 Å². The number of thiazole rings is 1. The fraction of sp³-hybridized carbons (Fsp3) is 0.0667. The number of ether oxygens (including phenoxy) is 1. The zero-order valence-corrected chi connectivity index (χ0v) is 12.1. The van der Waals surface area contributed by atoms with Crippen molar-refractivity contribution < 1.29 is 9.53 Å². The lowest BCUT2D eigenvalue weighted by Crippen LogP contribution is -2.29. The predicted octanol–water partition coefficient (Wildman–Crippen LogP) is 3.06. The minimum absolute atomic E-state index is 0.272. The number of para-hydroxylation sites is 2. The highest BCUT2D eigenvalue weighted by Crippen LogP contribution is 2.25. The van der Waals surface area contributed by atoms with E-state index in [-0.39, 0.29) is 5.91 Å². The van der Waals surface area contributed by atoms with Gasteiger partial charge in [0, 0.05) is 0 Å². The molecular formula is C15H13N3O2S. The number of nitrogens with one attached hydrogen (secondary N) is 2. The maximum atomic E-state index is 12.1. The number of carbonyl (C=O) groups is 1. The van der Waals surface area contributed by atoms with E-state index in [9.17, 15) is 4.79 Å². The molecule has 106 valence electrons. The Balaban J connectivity index is 1.73. The van der Waals surface area contributed by atoms with Crippen LogP contribution in [-0.4, -0.2) is 18.0 Å². The van der Waals surface area contributed by atoms with Gasteiger partial charge in [0.25, 0.3) is 5.91 Å². The largest absolute Gasteiger partial charge is 0.496 e. The number of aromatic nitrogens is 1. The van der Waals surface area contributed by atoms with E-state index in [0.29, 0.717) is 16.4 Å².